The first kappa shape index (κ1) is 19.8. The molecule has 0 spiro atoms. The summed E-state index contributed by atoms with van der Waals surface area (Å²) in [5.74, 6) is 4.63. The lowest BCUT2D eigenvalue weighted by molar-refractivity contribution is 0.261. The first-order valence-electron chi connectivity index (χ1n) is 9.07. The van der Waals surface area contributed by atoms with Gasteiger partial charge in [0.2, 0.25) is 10.7 Å². The van der Waals surface area contributed by atoms with Crippen molar-refractivity contribution in [3.05, 3.63) is 18.0 Å². The number of thioether (sulfide) groups is 1. The van der Waals surface area contributed by atoms with E-state index in [1.54, 1.807) is 11.8 Å². The van der Waals surface area contributed by atoms with E-state index in [0.29, 0.717) is 37.1 Å². The van der Waals surface area contributed by atoms with Crippen LogP contribution in [0.5, 0.6) is 17.2 Å². The van der Waals surface area contributed by atoms with E-state index in [-0.39, 0.29) is 0 Å². The highest BCUT2D eigenvalue weighted by atomic mass is 32.2. The second-order valence-electron chi connectivity index (χ2n) is 5.46. The molecule has 0 aliphatic rings. The van der Waals surface area contributed by atoms with Crippen molar-refractivity contribution in [3.8, 4) is 27.8 Å². The first-order chi connectivity index (χ1) is 13.2. The van der Waals surface area contributed by atoms with Crippen molar-refractivity contribution in [1.82, 2.24) is 19.8 Å². The average Bonchev–Trinajstić information content (AvgIpc) is 3.24. The van der Waals surface area contributed by atoms with Gasteiger partial charge in [-0.05, 0) is 38.7 Å². The van der Waals surface area contributed by atoms with Gasteiger partial charge >= 0.3 is 0 Å². The van der Waals surface area contributed by atoms with Crippen LogP contribution in [0, 0.1) is 0 Å². The molecule has 9 heteroatoms. The van der Waals surface area contributed by atoms with Gasteiger partial charge in [0.15, 0.2) is 17.3 Å². The zero-order chi connectivity index (χ0) is 19.2. The fraction of sp³-hybridized carbons (Fsp3) is 0.500. The van der Waals surface area contributed by atoms with Crippen molar-refractivity contribution in [2.24, 2.45) is 0 Å². The third-order valence-corrected chi connectivity index (χ3v) is 5.47. The summed E-state index contributed by atoms with van der Waals surface area (Å²) in [6.07, 6.45) is 0. The van der Waals surface area contributed by atoms with Crippen LogP contribution >= 0.6 is 23.1 Å². The number of rotatable bonds is 10. The molecule has 1 aromatic carbocycles. The molecule has 0 unspecified atom stereocenters. The van der Waals surface area contributed by atoms with Gasteiger partial charge in [0.1, 0.15) is 5.01 Å². The van der Waals surface area contributed by atoms with Crippen molar-refractivity contribution in [1.29, 1.82) is 0 Å². The van der Waals surface area contributed by atoms with Gasteiger partial charge in [-0.15, -0.1) is 10.2 Å². The number of nitrogens with zero attached hydrogens (tertiary/aromatic N) is 4. The number of aromatic nitrogens is 4. The molecule has 0 amide bonds. The number of hydrogen-bond donors (Lipinski definition) is 0. The fourth-order valence-electron chi connectivity index (χ4n) is 2.57. The molecule has 7 nitrogen and oxygen atoms in total. The lowest BCUT2D eigenvalue weighted by Crippen LogP contribution is -2.03. The molecule has 0 bridgehead atoms. The normalized spacial score (nSPS) is 11.1. The highest BCUT2D eigenvalue weighted by Gasteiger charge is 2.19. The topological polar surface area (TPSA) is 70.8 Å². The van der Waals surface area contributed by atoms with Crippen LogP contribution in [0.4, 0.5) is 0 Å². The quantitative estimate of drug-likeness (QED) is 0.495. The predicted octanol–water partition coefficient (Wildman–Crippen LogP) is 4.30. The highest BCUT2D eigenvalue weighted by Crippen LogP contribution is 2.42. The minimum Gasteiger partial charge on any atom is -0.490 e. The summed E-state index contributed by atoms with van der Waals surface area (Å²) in [6, 6.07) is 3.90. The maximum Gasteiger partial charge on any atom is 0.235 e. The highest BCUT2D eigenvalue weighted by molar-refractivity contribution is 7.98. The van der Waals surface area contributed by atoms with Gasteiger partial charge in [0.05, 0.1) is 25.6 Å². The van der Waals surface area contributed by atoms with E-state index in [0.717, 1.165) is 32.9 Å². The van der Waals surface area contributed by atoms with Crippen LogP contribution < -0.4 is 14.2 Å². The molecule has 27 heavy (non-hydrogen) atoms. The van der Waals surface area contributed by atoms with Crippen molar-refractivity contribution in [2.75, 3.05) is 25.6 Å². The molecule has 0 aliphatic heterocycles. The van der Waals surface area contributed by atoms with Crippen molar-refractivity contribution in [3.63, 3.8) is 0 Å². The summed E-state index contributed by atoms with van der Waals surface area (Å²) in [5.41, 5.74) is 0.912. The molecule has 2 heterocycles. The molecule has 0 fully saturated rings. The molecular formula is C18H24N4O3S2. The largest absolute Gasteiger partial charge is 0.490 e. The van der Waals surface area contributed by atoms with Gasteiger partial charge < -0.3 is 14.2 Å². The van der Waals surface area contributed by atoms with Crippen LogP contribution in [-0.2, 0) is 5.75 Å². The third-order valence-electron chi connectivity index (χ3n) is 3.65. The lowest BCUT2D eigenvalue weighted by Gasteiger charge is -2.16. The zero-order valence-electron chi connectivity index (χ0n) is 16.0. The standard InChI is InChI=1S/C18H24N4O3S2/c1-5-23-13-9-12(10-14(24-6-2)16(13)25-7-3)17-21-22-15(11-26-8-4)19-20-18(22)27-17/h9-10H,5-8,11H2,1-4H3. The summed E-state index contributed by atoms with van der Waals surface area (Å²) >= 11 is 3.29. The average molecular weight is 409 g/mol. The van der Waals surface area contributed by atoms with E-state index in [1.165, 1.54) is 11.3 Å². The second-order valence-corrected chi connectivity index (χ2v) is 7.69. The zero-order valence-corrected chi connectivity index (χ0v) is 17.7. The minimum absolute atomic E-state index is 0.536. The Morgan fingerprint density at radius 1 is 0.963 bits per heavy atom. The van der Waals surface area contributed by atoms with E-state index in [9.17, 15) is 0 Å². The van der Waals surface area contributed by atoms with E-state index >= 15 is 0 Å². The monoisotopic (exact) mass is 408 g/mol. The number of ether oxygens (including phenoxy) is 3. The molecule has 3 rings (SSSR count). The number of benzene rings is 1. The van der Waals surface area contributed by atoms with Crippen molar-refractivity contribution >= 4 is 28.1 Å². The Bertz CT molecular complexity index is 867. The molecule has 146 valence electrons. The van der Waals surface area contributed by atoms with Gasteiger partial charge in [0.25, 0.3) is 0 Å². The summed E-state index contributed by atoms with van der Waals surface area (Å²) in [6.45, 7) is 9.58. The fourth-order valence-corrected chi connectivity index (χ4v) is 3.98. The van der Waals surface area contributed by atoms with Gasteiger partial charge in [-0.2, -0.15) is 21.4 Å². The van der Waals surface area contributed by atoms with Crippen LogP contribution in [-0.4, -0.2) is 45.4 Å². The van der Waals surface area contributed by atoms with Crippen molar-refractivity contribution in [2.45, 2.75) is 33.4 Å². The Labute approximate surface area is 167 Å². The smallest absolute Gasteiger partial charge is 0.235 e. The molecular weight excluding hydrogens is 384 g/mol. The van der Waals surface area contributed by atoms with Gasteiger partial charge in [-0.3, -0.25) is 0 Å². The molecule has 0 saturated carbocycles. The predicted molar refractivity (Wildman–Crippen MR) is 109 cm³/mol. The van der Waals surface area contributed by atoms with Crippen LogP contribution in [0.15, 0.2) is 12.1 Å². The summed E-state index contributed by atoms with van der Waals surface area (Å²) in [4.78, 5) is 0.779. The molecule has 0 atom stereocenters. The van der Waals surface area contributed by atoms with E-state index in [4.69, 9.17) is 19.3 Å². The van der Waals surface area contributed by atoms with Gasteiger partial charge in [0, 0.05) is 5.56 Å². The number of fused-ring (bicyclic) bond motifs is 1. The van der Waals surface area contributed by atoms with Crippen LogP contribution in [0.3, 0.4) is 0 Å². The summed E-state index contributed by atoms with van der Waals surface area (Å²) < 4.78 is 19.2. The Balaban J connectivity index is 2.04. The SMILES string of the molecule is CCOc1cc(-c2nn3c(CSCC)nnc3s2)cc(OCC)c1OCC. The number of hydrogen-bond acceptors (Lipinski definition) is 8. The minimum atomic E-state index is 0.536. The Kier molecular flexibility index (Phi) is 6.78. The Morgan fingerprint density at radius 3 is 2.22 bits per heavy atom. The Morgan fingerprint density at radius 2 is 1.63 bits per heavy atom. The maximum absolute atomic E-state index is 5.80. The van der Waals surface area contributed by atoms with Crippen LogP contribution in [0.1, 0.15) is 33.5 Å². The third kappa shape index (κ3) is 4.30. The molecule has 0 aliphatic carbocycles. The van der Waals surface area contributed by atoms with Crippen molar-refractivity contribution < 1.29 is 14.2 Å². The first-order valence-corrected chi connectivity index (χ1v) is 11.0. The van der Waals surface area contributed by atoms with E-state index < -0.39 is 0 Å². The van der Waals surface area contributed by atoms with Gasteiger partial charge in [-0.25, -0.2) is 0 Å². The van der Waals surface area contributed by atoms with Crippen LogP contribution in [0.25, 0.3) is 15.5 Å². The Hall–Kier alpha value is -2.00. The maximum atomic E-state index is 5.80. The molecule has 0 N–H and O–H groups in total. The van der Waals surface area contributed by atoms with E-state index in [2.05, 4.69) is 17.1 Å². The van der Waals surface area contributed by atoms with Gasteiger partial charge in [-0.1, -0.05) is 18.3 Å². The molecule has 0 saturated heterocycles. The summed E-state index contributed by atoms with van der Waals surface area (Å²) in [5, 5.41) is 14.0. The second kappa shape index (κ2) is 9.27. The molecule has 0 radical (unpaired) electrons. The van der Waals surface area contributed by atoms with E-state index in [1.807, 2.05) is 37.4 Å². The van der Waals surface area contributed by atoms with Crippen LogP contribution in [0.2, 0.25) is 0 Å². The lowest BCUT2D eigenvalue weighted by atomic mass is 10.2. The molecule has 2 aromatic heterocycles. The summed E-state index contributed by atoms with van der Waals surface area (Å²) in [7, 11) is 0. The molecule has 3 aromatic rings.